The monoisotopic (exact) mass is 286 g/mol. The molecule has 4 nitrogen and oxygen atoms in total. The minimum atomic E-state index is 0.921. The topological polar surface area (TPSA) is 44.8 Å². The third kappa shape index (κ3) is 3.23. The highest BCUT2D eigenvalue weighted by atomic mass is 32.1. The van der Waals surface area contributed by atoms with Gasteiger partial charge in [0.15, 0.2) is 0 Å². The van der Waals surface area contributed by atoms with Crippen molar-refractivity contribution in [2.75, 3.05) is 13.6 Å². The molecule has 0 amide bonds. The van der Waals surface area contributed by atoms with Crippen molar-refractivity contribution in [1.82, 2.24) is 20.1 Å². The van der Waals surface area contributed by atoms with Crippen molar-refractivity contribution in [2.45, 2.75) is 19.4 Å². The highest BCUT2D eigenvalue weighted by molar-refractivity contribution is 7.18. The van der Waals surface area contributed by atoms with Crippen LogP contribution in [0.1, 0.15) is 17.0 Å². The van der Waals surface area contributed by atoms with E-state index in [1.165, 1.54) is 15.3 Å². The Morgan fingerprint density at radius 1 is 1.30 bits per heavy atom. The van der Waals surface area contributed by atoms with Gasteiger partial charge in [0.05, 0.1) is 23.0 Å². The van der Waals surface area contributed by atoms with Crippen LogP contribution in [0.25, 0.3) is 10.2 Å². The zero-order valence-corrected chi connectivity index (χ0v) is 12.4. The lowest BCUT2D eigenvalue weighted by Crippen LogP contribution is -2.19. The Kier molecular flexibility index (Phi) is 4.08. The van der Waals surface area contributed by atoms with Gasteiger partial charge < -0.3 is 0 Å². The van der Waals surface area contributed by atoms with E-state index in [1.807, 2.05) is 18.5 Å². The van der Waals surface area contributed by atoms with Crippen molar-refractivity contribution in [2.24, 2.45) is 0 Å². The lowest BCUT2D eigenvalue weighted by Gasteiger charge is -2.14. The van der Waals surface area contributed by atoms with Crippen LogP contribution in [0.2, 0.25) is 0 Å². The maximum Gasteiger partial charge on any atom is 0.108 e. The van der Waals surface area contributed by atoms with Crippen LogP contribution in [0.15, 0.2) is 36.7 Å². The predicted molar refractivity (Wildman–Crippen MR) is 82.9 cm³/mol. The smallest absolute Gasteiger partial charge is 0.108 e. The summed E-state index contributed by atoms with van der Waals surface area (Å²) in [5.74, 6) is 0. The van der Waals surface area contributed by atoms with Gasteiger partial charge in [-0.2, -0.15) is 5.10 Å². The molecule has 0 fully saturated rings. The lowest BCUT2D eigenvalue weighted by molar-refractivity contribution is 0.322. The number of aromatic amines is 1. The van der Waals surface area contributed by atoms with E-state index in [1.54, 1.807) is 11.3 Å². The molecule has 0 saturated carbocycles. The second kappa shape index (κ2) is 6.15. The summed E-state index contributed by atoms with van der Waals surface area (Å²) in [7, 11) is 2.15. The number of hydrogen-bond donors (Lipinski definition) is 1. The zero-order chi connectivity index (χ0) is 13.8. The van der Waals surface area contributed by atoms with Gasteiger partial charge >= 0.3 is 0 Å². The molecule has 0 bridgehead atoms. The van der Waals surface area contributed by atoms with Crippen molar-refractivity contribution >= 4 is 21.6 Å². The average molecular weight is 286 g/mol. The standard InChI is InChI=1S/C15H18N4S/c1-19(8-4-5-12-9-16-17-10-12)11-15-18-13-6-2-3-7-14(13)20-15/h2-3,6-7,9-10H,4-5,8,11H2,1H3,(H,16,17). The molecule has 0 aliphatic heterocycles. The minimum Gasteiger partial charge on any atom is -0.300 e. The van der Waals surface area contributed by atoms with Crippen LogP contribution in [0.4, 0.5) is 0 Å². The van der Waals surface area contributed by atoms with Crippen LogP contribution >= 0.6 is 11.3 Å². The Labute approximate surface area is 122 Å². The van der Waals surface area contributed by atoms with Gasteiger partial charge in [0, 0.05) is 6.20 Å². The Bertz CT molecular complexity index is 626. The molecule has 20 heavy (non-hydrogen) atoms. The zero-order valence-electron chi connectivity index (χ0n) is 11.5. The summed E-state index contributed by atoms with van der Waals surface area (Å²) in [4.78, 5) is 7.00. The number of thiazole rings is 1. The van der Waals surface area contributed by atoms with Crippen molar-refractivity contribution in [3.05, 3.63) is 47.2 Å². The second-order valence-corrected chi connectivity index (χ2v) is 6.14. The van der Waals surface area contributed by atoms with Gasteiger partial charge in [-0.25, -0.2) is 4.98 Å². The SMILES string of the molecule is CN(CCCc1cn[nH]c1)Cc1nc2ccccc2s1. The fourth-order valence-corrected chi connectivity index (χ4v) is 3.31. The van der Waals surface area contributed by atoms with Gasteiger partial charge in [0.25, 0.3) is 0 Å². The molecule has 0 aliphatic carbocycles. The summed E-state index contributed by atoms with van der Waals surface area (Å²) in [6.45, 7) is 1.99. The predicted octanol–water partition coefficient (Wildman–Crippen LogP) is 3.08. The van der Waals surface area contributed by atoms with E-state index in [0.717, 1.165) is 31.4 Å². The highest BCUT2D eigenvalue weighted by Crippen LogP contribution is 2.22. The van der Waals surface area contributed by atoms with E-state index in [4.69, 9.17) is 0 Å². The molecule has 0 saturated heterocycles. The normalized spacial score (nSPS) is 11.5. The number of rotatable bonds is 6. The first kappa shape index (κ1) is 13.3. The highest BCUT2D eigenvalue weighted by Gasteiger charge is 2.06. The molecule has 1 N–H and O–H groups in total. The number of H-pyrrole nitrogens is 1. The maximum absolute atomic E-state index is 4.67. The molecule has 2 aromatic heterocycles. The largest absolute Gasteiger partial charge is 0.300 e. The molecule has 0 aliphatic rings. The van der Waals surface area contributed by atoms with Crippen LogP contribution in [-0.2, 0) is 13.0 Å². The summed E-state index contributed by atoms with van der Waals surface area (Å²) in [6.07, 6.45) is 6.07. The van der Waals surface area contributed by atoms with Gasteiger partial charge in [-0.3, -0.25) is 10.00 Å². The van der Waals surface area contributed by atoms with E-state index >= 15 is 0 Å². The third-order valence-electron chi connectivity index (χ3n) is 3.30. The molecule has 2 heterocycles. The number of aryl methyl sites for hydroxylation is 1. The van der Waals surface area contributed by atoms with Gasteiger partial charge in [-0.05, 0) is 44.1 Å². The van der Waals surface area contributed by atoms with Crippen LogP contribution in [0.3, 0.4) is 0 Å². The average Bonchev–Trinajstić information content (AvgIpc) is 3.06. The molecular formula is C15H18N4S. The Balaban J connectivity index is 1.51. The van der Waals surface area contributed by atoms with Crippen molar-refractivity contribution < 1.29 is 0 Å². The van der Waals surface area contributed by atoms with Crippen LogP contribution in [0.5, 0.6) is 0 Å². The summed E-state index contributed by atoms with van der Waals surface area (Å²) in [5.41, 5.74) is 2.39. The Morgan fingerprint density at radius 3 is 3.00 bits per heavy atom. The lowest BCUT2D eigenvalue weighted by atomic mass is 10.2. The number of fused-ring (bicyclic) bond motifs is 1. The number of hydrogen-bond acceptors (Lipinski definition) is 4. The molecule has 0 unspecified atom stereocenters. The van der Waals surface area contributed by atoms with Crippen molar-refractivity contribution in [3.63, 3.8) is 0 Å². The van der Waals surface area contributed by atoms with Crippen LogP contribution < -0.4 is 0 Å². The number of benzene rings is 1. The number of nitrogens with one attached hydrogen (secondary N) is 1. The van der Waals surface area contributed by atoms with Crippen LogP contribution in [-0.4, -0.2) is 33.7 Å². The van der Waals surface area contributed by atoms with E-state index < -0.39 is 0 Å². The fourth-order valence-electron chi connectivity index (χ4n) is 2.26. The molecular weight excluding hydrogens is 268 g/mol. The van der Waals surface area contributed by atoms with E-state index in [0.29, 0.717) is 0 Å². The van der Waals surface area contributed by atoms with E-state index in [9.17, 15) is 0 Å². The molecule has 0 atom stereocenters. The second-order valence-electron chi connectivity index (χ2n) is 5.02. The first-order valence-electron chi connectivity index (χ1n) is 6.82. The summed E-state index contributed by atoms with van der Waals surface area (Å²) in [5, 5.41) is 8.01. The quantitative estimate of drug-likeness (QED) is 0.757. The van der Waals surface area contributed by atoms with Gasteiger partial charge in [0.2, 0.25) is 0 Å². The third-order valence-corrected chi connectivity index (χ3v) is 4.32. The molecule has 5 heteroatoms. The number of nitrogens with zero attached hydrogens (tertiary/aromatic N) is 3. The van der Waals surface area contributed by atoms with Gasteiger partial charge in [0.1, 0.15) is 5.01 Å². The molecule has 3 rings (SSSR count). The summed E-state index contributed by atoms with van der Waals surface area (Å²) < 4.78 is 1.27. The molecule has 0 radical (unpaired) electrons. The fraction of sp³-hybridized carbons (Fsp3) is 0.333. The van der Waals surface area contributed by atoms with Crippen molar-refractivity contribution in [1.29, 1.82) is 0 Å². The van der Waals surface area contributed by atoms with Crippen LogP contribution in [0, 0.1) is 0 Å². The molecule has 0 spiro atoms. The number of para-hydroxylation sites is 1. The van der Waals surface area contributed by atoms with Gasteiger partial charge in [-0.15, -0.1) is 11.3 Å². The van der Waals surface area contributed by atoms with E-state index in [2.05, 4.69) is 45.3 Å². The maximum atomic E-state index is 4.67. The minimum absolute atomic E-state index is 0.921. The van der Waals surface area contributed by atoms with Crippen molar-refractivity contribution in [3.8, 4) is 0 Å². The Hall–Kier alpha value is -1.72. The first-order chi connectivity index (χ1) is 9.81. The molecule has 1 aromatic carbocycles. The summed E-state index contributed by atoms with van der Waals surface area (Å²) in [6, 6.07) is 8.32. The van der Waals surface area contributed by atoms with E-state index in [-0.39, 0.29) is 0 Å². The van der Waals surface area contributed by atoms with Gasteiger partial charge in [-0.1, -0.05) is 12.1 Å². The molecule has 3 aromatic rings. The molecule has 104 valence electrons. The number of aromatic nitrogens is 3. The summed E-state index contributed by atoms with van der Waals surface area (Å²) >= 11 is 1.79. The first-order valence-corrected chi connectivity index (χ1v) is 7.63. The Morgan fingerprint density at radius 2 is 2.20 bits per heavy atom.